The minimum atomic E-state index is -3.16. The highest BCUT2D eigenvalue weighted by atomic mass is 32.2. The summed E-state index contributed by atoms with van der Waals surface area (Å²) in [5.74, 6) is 2.11. The van der Waals surface area contributed by atoms with Crippen LogP contribution in [0.1, 0.15) is 38.0 Å². The Bertz CT molecular complexity index is 878. The summed E-state index contributed by atoms with van der Waals surface area (Å²) in [6.45, 7) is 7.34. The van der Waals surface area contributed by atoms with E-state index < -0.39 is 9.84 Å². The van der Waals surface area contributed by atoms with E-state index in [9.17, 15) is 8.42 Å². The second kappa shape index (κ2) is 8.56. The first-order valence-electron chi connectivity index (χ1n) is 8.78. The van der Waals surface area contributed by atoms with Gasteiger partial charge in [0.05, 0.1) is 17.6 Å². The van der Waals surface area contributed by atoms with Crippen LogP contribution in [0.4, 0.5) is 0 Å². The highest BCUT2D eigenvalue weighted by Gasteiger charge is 2.19. The van der Waals surface area contributed by atoms with E-state index in [2.05, 4.69) is 41.4 Å². The number of benzene rings is 1. The Balaban J connectivity index is 1.81. The lowest BCUT2D eigenvalue weighted by Crippen LogP contribution is -2.37. The predicted molar refractivity (Wildman–Crippen MR) is 107 cm³/mol. The number of aromatic nitrogens is 1. The zero-order valence-corrected chi connectivity index (χ0v) is 17.4. The highest BCUT2D eigenvalue weighted by Crippen LogP contribution is 2.22. The lowest BCUT2D eigenvalue weighted by molar-refractivity contribution is 0.379. The summed E-state index contributed by atoms with van der Waals surface area (Å²) in [6, 6.07) is 6.92. The molecule has 0 amide bonds. The standard InChI is InChI=1S/C19H28N4O3S/c1-19(2,3)16-12-22-17(26-16)13-23-18(20-4)21-11-10-14-6-8-15(9-7-14)27(5,24)25/h6-9,12H,10-11,13H2,1-5H3,(H2,20,21,23). The number of aliphatic imine (C=N–C) groups is 1. The van der Waals surface area contributed by atoms with Crippen LogP contribution in [0.3, 0.4) is 0 Å². The van der Waals surface area contributed by atoms with Crippen molar-refractivity contribution in [2.75, 3.05) is 19.8 Å². The molecule has 1 heterocycles. The molecule has 7 nitrogen and oxygen atoms in total. The first-order valence-corrected chi connectivity index (χ1v) is 10.7. The van der Waals surface area contributed by atoms with Gasteiger partial charge in [-0.05, 0) is 24.1 Å². The molecule has 2 aromatic rings. The molecule has 27 heavy (non-hydrogen) atoms. The van der Waals surface area contributed by atoms with Crippen LogP contribution < -0.4 is 10.6 Å². The summed E-state index contributed by atoms with van der Waals surface area (Å²) in [7, 11) is -1.46. The smallest absolute Gasteiger partial charge is 0.213 e. The molecule has 0 aliphatic heterocycles. The topological polar surface area (TPSA) is 96.6 Å². The Morgan fingerprint density at radius 3 is 2.37 bits per heavy atom. The van der Waals surface area contributed by atoms with Gasteiger partial charge >= 0.3 is 0 Å². The van der Waals surface area contributed by atoms with Crippen molar-refractivity contribution in [3.8, 4) is 0 Å². The van der Waals surface area contributed by atoms with Gasteiger partial charge in [-0.1, -0.05) is 32.9 Å². The van der Waals surface area contributed by atoms with E-state index in [1.54, 1.807) is 25.4 Å². The third-order valence-electron chi connectivity index (χ3n) is 3.98. The van der Waals surface area contributed by atoms with Crippen molar-refractivity contribution < 1.29 is 12.8 Å². The van der Waals surface area contributed by atoms with Gasteiger partial charge in [-0.2, -0.15) is 0 Å². The molecule has 1 aromatic heterocycles. The summed E-state index contributed by atoms with van der Waals surface area (Å²) in [6.07, 6.45) is 3.71. The van der Waals surface area contributed by atoms with Gasteiger partial charge in [-0.25, -0.2) is 13.4 Å². The van der Waals surface area contributed by atoms with E-state index in [1.807, 2.05) is 12.1 Å². The summed E-state index contributed by atoms with van der Waals surface area (Å²) >= 11 is 0. The second-order valence-electron chi connectivity index (χ2n) is 7.39. The Hall–Kier alpha value is -2.35. The maximum absolute atomic E-state index is 11.5. The molecule has 148 valence electrons. The van der Waals surface area contributed by atoms with Crippen molar-refractivity contribution in [1.29, 1.82) is 0 Å². The second-order valence-corrected chi connectivity index (χ2v) is 9.40. The van der Waals surface area contributed by atoms with Crippen LogP contribution in [0.5, 0.6) is 0 Å². The number of sulfone groups is 1. The molecule has 0 radical (unpaired) electrons. The van der Waals surface area contributed by atoms with Crippen molar-refractivity contribution in [2.24, 2.45) is 4.99 Å². The van der Waals surface area contributed by atoms with Gasteiger partial charge in [0.2, 0.25) is 5.89 Å². The zero-order valence-electron chi connectivity index (χ0n) is 16.5. The minimum Gasteiger partial charge on any atom is -0.443 e. The van der Waals surface area contributed by atoms with Crippen LogP contribution in [0.25, 0.3) is 0 Å². The highest BCUT2D eigenvalue weighted by molar-refractivity contribution is 7.90. The fourth-order valence-corrected chi connectivity index (χ4v) is 2.98. The average Bonchev–Trinajstić information content (AvgIpc) is 3.07. The Morgan fingerprint density at radius 1 is 1.19 bits per heavy atom. The number of nitrogens with zero attached hydrogens (tertiary/aromatic N) is 2. The molecule has 0 atom stereocenters. The van der Waals surface area contributed by atoms with Gasteiger partial charge in [0.1, 0.15) is 5.76 Å². The minimum absolute atomic E-state index is 0.0716. The third-order valence-corrected chi connectivity index (χ3v) is 5.11. The molecule has 8 heteroatoms. The van der Waals surface area contributed by atoms with Crippen molar-refractivity contribution in [3.05, 3.63) is 47.7 Å². The maximum Gasteiger partial charge on any atom is 0.213 e. The maximum atomic E-state index is 11.5. The third kappa shape index (κ3) is 6.39. The molecular formula is C19H28N4O3S. The normalized spacial score (nSPS) is 12.9. The summed E-state index contributed by atoms with van der Waals surface area (Å²) in [5.41, 5.74) is 0.977. The van der Waals surface area contributed by atoms with E-state index in [0.29, 0.717) is 29.8 Å². The van der Waals surface area contributed by atoms with E-state index in [0.717, 1.165) is 17.7 Å². The quantitative estimate of drug-likeness (QED) is 0.578. The van der Waals surface area contributed by atoms with Gasteiger partial charge in [0.25, 0.3) is 0 Å². The molecule has 0 aliphatic carbocycles. The van der Waals surface area contributed by atoms with Gasteiger partial charge in [-0.15, -0.1) is 0 Å². The van der Waals surface area contributed by atoms with Crippen molar-refractivity contribution in [1.82, 2.24) is 15.6 Å². The van der Waals surface area contributed by atoms with Crippen LogP contribution in [-0.4, -0.2) is 39.2 Å². The molecule has 0 fully saturated rings. The number of oxazole rings is 1. The number of hydrogen-bond donors (Lipinski definition) is 2. The SMILES string of the molecule is CN=C(NCCc1ccc(S(C)(=O)=O)cc1)NCc1ncc(C(C)(C)C)o1. The first kappa shape index (κ1) is 21.0. The van der Waals surface area contributed by atoms with Crippen LogP contribution in [0.2, 0.25) is 0 Å². The Morgan fingerprint density at radius 2 is 1.85 bits per heavy atom. The van der Waals surface area contributed by atoms with Crippen LogP contribution in [-0.2, 0) is 28.2 Å². The Kier molecular flexibility index (Phi) is 6.64. The molecule has 0 spiro atoms. The van der Waals surface area contributed by atoms with Crippen LogP contribution >= 0.6 is 0 Å². The van der Waals surface area contributed by atoms with Crippen molar-refractivity contribution in [3.63, 3.8) is 0 Å². The molecule has 0 saturated carbocycles. The predicted octanol–water partition coefficient (Wildman–Crippen LogP) is 2.28. The van der Waals surface area contributed by atoms with Crippen molar-refractivity contribution in [2.45, 2.75) is 44.0 Å². The Labute approximate surface area is 161 Å². The van der Waals surface area contributed by atoms with Crippen molar-refractivity contribution >= 4 is 15.8 Å². The lowest BCUT2D eigenvalue weighted by Gasteiger charge is -2.13. The van der Waals surface area contributed by atoms with Crippen LogP contribution in [0, 0.1) is 0 Å². The molecule has 2 rings (SSSR count). The molecule has 0 saturated heterocycles. The van der Waals surface area contributed by atoms with Gasteiger partial charge < -0.3 is 15.1 Å². The molecule has 0 aliphatic rings. The first-order chi connectivity index (χ1) is 12.6. The number of guanidine groups is 1. The van der Waals surface area contributed by atoms with E-state index in [4.69, 9.17) is 4.42 Å². The number of rotatable bonds is 6. The molecule has 1 aromatic carbocycles. The summed E-state index contributed by atoms with van der Waals surface area (Å²) in [4.78, 5) is 8.80. The summed E-state index contributed by atoms with van der Waals surface area (Å²) in [5, 5.41) is 6.39. The van der Waals surface area contributed by atoms with Gasteiger partial charge in [-0.3, -0.25) is 4.99 Å². The summed E-state index contributed by atoms with van der Waals surface area (Å²) < 4.78 is 28.7. The largest absolute Gasteiger partial charge is 0.443 e. The van der Waals surface area contributed by atoms with Gasteiger partial charge in [0.15, 0.2) is 15.8 Å². The molecule has 0 unspecified atom stereocenters. The van der Waals surface area contributed by atoms with E-state index in [-0.39, 0.29) is 5.41 Å². The van der Waals surface area contributed by atoms with E-state index >= 15 is 0 Å². The number of hydrogen-bond acceptors (Lipinski definition) is 5. The monoisotopic (exact) mass is 392 g/mol. The fraction of sp³-hybridized carbons (Fsp3) is 0.474. The zero-order chi connectivity index (χ0) is 20.1. The fourth-order valence-electron chi connectivity index (χ4n) is 2.35. The van der Waals surface area contributed by atoms with Crippen LogP contribution in [0.15, 0.2) is 44.8 Å². The number of nitrogens with one attached hydrogen (secondary N) is 2. The average molecular weight is 393 g/mol. The lowest BCUT2D eigenvalue weighted by atomic mass is 9.94. The molecule has 2 N–H and O–H groups in total. The molecule has 0 bridgehead atoms. The van der Waals surface area contributed by atoms with E-state index in [1.165, 1.54) is 6.26 Å². The van der Waals surface area contributed by atoms with Gasteiger partial charge in [0, 0.05) is 25.3 Å². The molecular weight excluding hydrogens is 364 g/mol.